The first-order valence-electron chi connectivity index (χ1n) is 16.2. The van der Waals surface area contributed by atoms with Gasteiger partial charge in [0, 0.05) is 15.4 Å². The summed E-state index contributed by atoms with van der Waals surface area (Å²) < 4.78 is 0. The van der Waals surface area contributed by atoms with Gasteiger partial charge in [0.05, 0.1) is 0 Å². The molecule has 45 heavy (non-hydrogen) atoms. The molecule has 0 aromatic heterocycles. The van der Waals surface area contributed by atoms with Crippen LogP contribution in [0.5, 0.6) is 0 Å². The van der Waals surface area contributed by atoms with Gasteiger partial charge in [-0.2, -0.15) is 0 Å². The van der Waals surface area contributed by atoms with Gasteiger partial charge in [-0.25, -0.2) is 0 Å². The fourth-order valence-corrected chi connectivity index (χ4v) is 7.98. The smallest absolute Gasteiger partial charge is 0.0159 e. The zero-order valence-electron chi connectivity index (χ0n) is 26.6. The van der Waals surface area contributed by atoms with Crippen LogP contribution in [0.25, 0.3) is 76.5 Å². The molecule has 1 aliphatic carbocycles. The fraction of sp³-hybridized carbons (Fsp3) is 0.156. The molecular weight excluding hydrogens is 540 g/mol. The molecule has 8 aromatic rings. The van der Waals surface area contributed by atoms with E-state index in [2.05, 4.69) is 162 Å². The van der Waals surface area contributed by atoms with Crippen LogP contribution in [0.1, 0.15) is 61.3 Å². The van der Waals surface area contributed by atoms with E-state index in [0.29, 0.717) is 0 Å². The molecule has 8 aromatic carbocycles. The van der Waals surface area contributed by atoms with Gasteiger partial charge >= 0.3 is 0 Å². The third kappa shape index (κ3) is 3.85. The van der Waals surface area contributed by atoms with Crippen molar-refractivity contribution < 1.29 is 9.99 Å². The highest BCUT2D eigenvalue weighted by molar-refractivity contribution is 6.25. The van der Waals surface area contributed by atoms with Crippen molar-refractivity contribution in [1.82, 2.24) is 0 Å². The Labute approximate surface area is 275 Å². The van der Waals surface area contributed by atoms with Crippen molar-refractivity contribution in [3.8, 4) is 33.4 Å². The third-order valence-electron chi connectivity index (χ3n) is 10.5. The van der Waals surface area contributed by atoms with Crippen molar-refractivity contribution in [3.63, 3.8) is 0 Å². The summed E-state index contributed by atoms with van der Waals surface area (Å²) in [6.45, 7) is 11.6. The zero-order chi connectivity index (χ0) is 30.7. The highest BCUT2D eigenvalue weighted by atomic mass is 14.4. The minimum Gasteiger partial charge on any atom is -0.0619 e. The fourth-order valence-electron chi connectivity index (χ4n) is 7.98. The Balaban J connectivity index is 0.00000134. The van der Waals surface area contributed by atoms with Crippen molar-refractivity contribution in [3.05, 3.63) is 144 Å². The van der Waals surface area contributed by atoms with Gasteiger partial charge in [0.2, 0.25) is 0 Å². The van der Waals surface area contributed by atoms with Crippen LogP contribution in [-0.4, -0.2) is 0 Å². The first kappa shape index (κ1) is 26.5. The number of rotatable bonds is 2. The number of hydrogen-bond donors (Lipinski definition) is 0. The normalized spacial score (nSPS) is 14.1. The number of hydrogen-bond acceptors (Lipinski definition) is 0. The van der Waals surface area contributed by atoms with Crippen LogP contribution in [0.15, 0.2) is 127 Å². The largest absolute Gasteiger partial charge is 0.0619 e. The van der Waals surface area contributed by atoms with E-state index < -0.39 is 0 Å². The van der Waals surface area contributed by atoms with Gasteiger partial charge in [0.15, 0.2) is 0 Å². The van der Waals surface area contributed by atoms with E-state index >= 15 is 0 Å². The average Bonchev–Trinajstić information content (AvgIpc) is 3.28. The van der Waals surface area contributed by atoms with Gasteiger partial charge in [-0.1, -0.05) is 144 Å². The lowest BCUT2D eigenvalue weighted by Crippen LogP contribution is -2.14. The number of benzene rings is 8. The molecule has 0 bridgehead atoms. The molecule has 0 aliphatic heterocycles. The van der Waals surface area contributed by atoms with E-state index in [4.69, 9.17) is 0 Å². The monoisotopic (exact) mass is 590 g/mol. The lowest BCUT2D eigenvalue weighted by Gasteiger charge is -2.22. The first-order valence-corrected chi connectivity index (χ1v) is 16.2. The highest BCUT2D eigenvalue weighted by Crippen LogP contribution is 2.49. The Morgan fingerprint density at radius 1 is 0.444 bits per heavy atom. The molecule has 0 heteroatoms. The highest BCUT2D eigenvalue weighted by Gasteiger charge is 2.35. The summed E-state index contributed by atoms with van der Waals surface area (Å²) in [6, 6.07) is 48.5. The van der Waals surface area contributed by atoms with Gasteiger partial charge in [0.1, 0.15) is 0 Å². The summed E-state index contributed by atoms with van der Waals surface area (Å²) >= 11 is 0. The van der Waals surface area contributed by atoms with Crippen LogP contribution in [0.2, 0.25) is 0 Å². The standard InChI is InChI=1S/C45H36.7H2/c1-44(2,3)35-24-33-15-10-27-16-19-36(39-21-18-34(25-35)42(33)43(27)39)32-14-13-28-22-29(11-12-30(28)23-32)31-17-20-38-37-8-6-7-9-40(37)45(4,5)41(38)26-31;;;;;;;/h6-26H,1-5H3;7*1H. The maximum atomic E-state index is 2.42. The molecule has 9 rings (SSSR count). The van der Waals surface area contributed by atoms with Crippen LogP contribution in [-0.2, 0) is 10.8 Å². The zero-order valence-corrected chi connectivity index (χ0v) is 26.6. The van der Waals surface area contributed by atoms with E-state index in [0.717, 1.165) is 0 Å². The van der Waals surface area contributed by atoms with Gasteiger partial charge < -0.3 is 0 Å². The molecule has 0 fully saturated rings. The molecule has 0 heterocycles. The van der Waals surface area contributed by atoms with Crippen LogP contribution in [0.3, 0.4) is 0 Å². The third-order valence-corrected chi connectivity index (χ3v) is 10.5. The molecule has 0 amide bonds. The second-order valence-corrected chi connectivity index (χ2v) is 14.6. The molecule has 0 nitrogen and oxygen atoms in total. The van der Waals surface area contributed by atoms with E-state index in [1.165, 1.54) is 93.2 Å². The maximum absolute atomic E-state index is 2.42. The number of fused-ring (bicyclic) bond motifs is 4. The summed E-state index contributed by atoms with van der Waals surface area (Å²) in [4.78, 5) is 0. The molecule has 0 spiro atoms. The van der Waals surface area contributed by atoms with Gasteiger partial charge in [-0.15, -0.1) is 0 Å². The minimum atomic E-state index is 0. The summed E-state index contributed by atoms with van der Waals surface area (Å²) in [5.74, 6) is 0. The lowest BCUT2D eigenvalue weighted by molar-refractivity contribution is 0.591. The Morgan fingerprint density at radius 3 is 1.78 bits per heavy atom. The molecule has 1 aliphatic rings. The quantitative estimate of drug-likeness (QED) is 0.176. The Morgan fingerprint density at radius 2 is 1.00 bits per heavy atom. The predicted molar refractivity (Wildman–Crippen MR) is 210 cm³/mol. The van der Waals surface area contributed by atoms with Crippen LogP contribution in [0, 0.1) is 0 Å². The maximum Gasteiger partial charge on any atom is 0.0159 e. The van der Waals surface area contributed by atoms with E-state index in [-0.39, 0.29) is 20.8 Å². The van der Waals surface area contributed by atoms with Crippen LogP contribution in [0.4, 0.5) is 0 Å². The van der Waals surface area contributed by atoms with Crippen LogP contribution < -0.4 is 0 Å². The SMILES string of the molecule is CC(C)(C)c1cc2ccc3ccc(-c4ccc5cc(-c6ccc7c(c6)C(C)(C)c6ccccc6-7)ccc5c4)c4ccc(c1)c2c34.[HH].[HH].[HH].[HH].[HH].[HH].[HH]. The topological polar surface area (TPSA) is 0 Å². The molecule has 0 N–H and O–H groups in total. The summed E-state index contributed by atoms with van der Waals surface area (Å²) in [6.07, 6.45) is 0. The molecule has 0 atom stereocenters. The van der Waals surface area contributed by atoms with Gasteiger partial charge in [0.25, 0.3) is 0 Å². The molecule has 0 unspecified atom stereocenters. The molecule has 0 radical (unpaired) electrons. The Bertz CT molecular complexity index is 2490. The summed E-state index contributed by atoms with van der Waals surface area (Å²) in [5.41, 5.74) is 12.2. The average molecular weight is 591 g/mol. The van der Waals surface area contributed by atoms with Gasteiger partial charge in [-0.3, -0.25) is 0 Å². The van der Waals surface area contributed by atoms with Crippen molar-refractivity contribution in [2.24, 2.45) is 0 Å². The molecule has 0 saturated carbocycles. The van der Waals surface area contributed by atoms with Crippen molar-refractivity contribution in [2.75, 3.05) is 0 Å². The second kappa shape index (κ2) is 9.05. The Hall–Kier alpha value is -4.94. The summed E-state index contributed by atoms with van der Waals surface area (Å²) in [7, 11) is 0. The van der Waals surface area contributed by atoms with Gasteiger partial charge in [-0.05, 0) is 117 Å². The Kier molecular flexibility index (Phi) is 5.32. The summed E-state index contributed by atoms with van der Waals surface area (Å²) in [5, 5.41) is 10.6. The molecule has 0 saturated heterocycles. The van der Waals surface area contributed by atoms with Crippen molar-refractivity contribution in [2.45, 2.75) is 45.4 Å². The second-order valence-electron chi connectivity index (χ2n) is 14.6. The van der Waals surface area contributed by atoms with Crippen molar-refractivity contribution >= 4 is 43.1 Å². The van der Waals surface area contributed by atoms with Crippen LogP contribution >= 0.6 is 0 Å². The minimum absolute atomic E-state index is 0. The van der Waals surface area contributed by atoms with Crippen molar-refractivity contribution in [1.29, 1.82) is 0 Å². The molecule has 230 valence electrons. The van der Waals surface area contributed by atoms with E-state index in [1.807, 2.05) is 0 Å². The lowest BCUT2D eigenvalue weighted by atomic mass is 9.81. The van der Waals surface area contributed by atoms with E-state index in [1.54, 1.807) is 0 Å². The predicted octanol–water partition coefficient (Wildman–Crippen LogP) is 14.4. The first-order chi connectivity index (χ1) is 21.7. The molecular formula is C45H50. The van der Waals surface area contributed by atoms with E-state index in [9.17, 15) is 0 Å².